The number of nitrogens with one attached hydrogen (secondary N) is 3. The Labute approximate surface area is 207 Å². The van der Waals surface area contributed by atoms with E-state index in [1.54, 1.807) is 12.1 Å². The van der Waals surface area contributed by atoms with Gasteiger partial charge in [-0.15, -0.1) is 24.0 Å². The number of benzene rings is 2. The van der Waals surface area contributed by atoms with Gasteiger partial charge in [-0.3, -0.25) is 14.7 Å². The lowest BCUT2D eigenvalue weighted by Gasteiger charge is -2.21. The SMILES string of the molecule is CCNC(=NCCNC(=O)c1ccccc1F)NC1CC(C)N(Cc2ccccc2)C1.I. The first-order valence-electron chi connectivity index (χ1n) is 10.9. The Kier molecular flexibility index (Phi) is 10.9. The van der Waals surface area contributed by atoms with E-state index in [0.29, 0.717) is 25.2 Å². The maximum Gasteiger partial charge on any atom is 0.254 e. The molecule has 0 radical (unpaired) electrons. The van der Waals surface area contributed by atoms with Crippen molar-refractivity contribution in [2.24, 2.45) is 4.99 Å². The molecule has 6 nitrogen and oxygen atoms in total. The minimum Gasteiger partial charge on any atom is -0.357 e. The van der Waals surface area contributed by atoms with Crippen LogP contribution in [0.2, 0.25) is 0 Å². The summed E-state index contributed by atoms with van der Waals surface area (Å²) < 4.78 is 13.7. The molecular formula is C24H33FIN5O. The molecule has 0 bridgehead atoms. The topological polar surface area (TPSA) is 68.8 Å². The van der Waals surface area contributed by atoms with Crippen molar-refractivity contribution in [3.05, 3.63) is 71.5 Å². The van der Waals surface area contributed by atoms with E-state index in [9.17, 15) is 9.18 Å². The normalized spacial score (nSPS) is 18.7. The third-order valence-electron chi connectivity index (χ3n) is 5.40. The number of likely N-dealkylation sites (tertiary alicyclic amines) is 1. The molecule has 0 spiro atoms. The minimum atomic E-state index is -0.520. The molecule has 1 heterocycles. The number of amides is 1. The Morgan fingerprint density at radius 1 is 1.12 bits per heavy atom. The molecule has 1 saturated heterocycles. The number of halogens is 2. The molecule has 0 saturated carbocycles. The van der Waals surface area contributed by atoms with Crippen LogP contribution < -0.4 is 16.0 Å². The van der Waals surface area contributed by atoms with E-state index in [1.165, 1.54) is 17.7 Å². The van der Waals surface area contributed by atoms with Gasteiger partial charge in [-0.2, -0.15) is 0 Å². The summed E-state index contributed by atoms with van der Waals surface area (Å²) in [6.45, 7) is 7.67. The van der Waals surface area contributed by atoms with Crippen LogP contribution in [-0.2, 0) is 6.54 Å². The average Bonchev–Trinajstić information content (AvgIpc) is 3.10. The number of hydrogen-bond donors (Lipinski definition) is 3. The van der Waals surface area contributed by atoms with Gasteiger partial charge in [-0.1, -0.05) is 42.5 Å². The molecule has 1 fully saturated rings. The van der Waals surface area contributed by atoms with Crippen LogP contribution in [0, 0.1) is 5.82 Å². The Balaban J connectivity index is 0.00000363. The summed E-state index contributed by atoms with van der Waals surface area (Å²) >= 11 is 0. The summed E-state index contributed by atoms with van der Waals surface area (Å²) in [6.07, 6.45) is 1.04. The van der Waals surface area contributed by atoms with Gasteiger partial charge >= 0.3 is 0 Å². The zero-order valence-corrected chi connectivity index (χ0v) is 21.0. The van der Waals surface area contributed by atoms with Crippen molar-refractivity contribution in [3.8, 4) is 0 Å². The summed E-state index contributed by atoms with van der Waals surface area (Å²) in [7, 11) is 0. The van der Waals surface area contributed by atoms with Gasteiger partial charge in [0, 0.05) is 38.3 Å². The summed E-state index contributed by atoms with van der Waals surface area (Å²) in [5.41, 5.74) is 1.37. The lowest BCUT2D eigenvalue weighted by atomic mass is 10.2. The molecule has 0 aliphatic carbocycles. The van der Waals surface area contributed by atoms with E-state index in [0.717, 1.165) is 32.0 Å². The predicted molar refractivity (Wildman–Crippen MR) is 138 cm³/mol. The highest BCUT2D eigenvalue weighted by Gasteiger charge is 2.29. The molecule has 2 aromatic carbocycles. The summed E-state index contributed by atoms with van der Waals surface area (Å²) in [6, 6.07) is 17.3. The monoisotopic (exact) mass is 553 g/mol. The zero-order valence-electron chi connectivity index (χ0n) is 18.7. The number of carbonyl (C=O) groups excluding carboxylic acids is 1. The maximum atomic E-state index is 13.7. The number of hydrogen-bond acceptors (Lipinski definition) is 3. The van der Waals surface area contributed by atoms with Crippen LogP contribution in [0.5, 0.6) is 0 Å². The Bertz CT molecular complexity index is 880. The molecule has 3 rings (SSSR count). The van der Waals surface area contributed by atoms with Gasteiger partial charge in [0.15, 0.2) is 5.96 Å². The van der Waals surface area contributed by atoms with Crippen LogP contribution in [0.25, 0.3) is 0 Å². The minimum absolute atomic E-state index is 0. The van der Waals surface area contributed by atoms with Crippen LogP contribution in [0.4, 0.5) is 4.39 Å². The highest BCUT2D eigenvalue weighted by atomic mass is 127. The largest absolute Gasteiger partial charge is 0.357 e. The van der Waals surface area contributed by atoms with Crippen molar-refractivity contribution in [2.75, 3.05) is 26.2 Å². The average molecular weight is 553 g/mol. The fourth-order valence-corrected chi connectivity index (χ4v) is 3.83. The number of aliphatic imine (C=N–C) groups is 1. The maximum absolute atomic E-state index is 13.7. The van der Waals surface area contributed by atoms with Crippen molar-refractivity contribution in [1.82, 2.24) is 20.9 Å². The molecule has 174 valence electrons. The van der Waals surface area contributed by atoms with E-state index in [4.69, 9.17) is 0 Å². The first-order chi connectivity index (χ1) is 15.1. The molecule has 8 heteroatoms. The third kappa shape index (κ3) is 7.74. The smallest absolute Gasteiger partial charge is 0.254 e. The molecule has 1 aliphatic heterocycles. The second-order valence-electron chi connectivity index (χ2n) is 7.84. The molecule has 1 aliphatic rings. The van der Waals surface area contributed by atoms with Crippen molar-refractivity contribution in [1.29, 1.82) is 0 Å². The van der Waals surface area contributed by atoms with Gasteiger partial charge < -0.3 is 16.0 Å². The molecule has 3 N–H and O–H groups in total. The van der Waals surface area contributed by atoms with E-state index in [1.807, 2.05) is 13.0 Å². The highest BCUT2D eigenvalue weighted by Crippen LogP contribution is 2.20. The molecule has 2 aromatic rings. The molecule has 2 unspecified atom stereocenters. The number of carbonyl (C=O) groups is 1. The summed E-state index contributed by atoms with van der Waals surface area (Å²) in [5, 5.41) is 9.50. The van der Waals surface area contributed by atoms with Crippen molar-refractivity contribution < 1.29 is 9.18 Å². The van der Waals surface area contributed by atoms with Crippen molar-refractivity contribution >= 4 is 35.8 Å². The zero-order chi connectivity index (χ0) is 22.1. The van der Waals surface area contributed by atoms with Crippen LogP contribution in [0.1, 0.15) is 36.2 Å². The van der Waals surface area contributed by atoms with Crippen molar-refractivity contribution in [2.45, 2.75) is 38.9 Å². The van der Waals surface area contributed by atoms with Gasteiger partial charge in [-0.05, 0) is 38.0 Å². The van der Waals surface area contributed by atoms with E-state index in [2.05, 4.69) is 57.0 Å². The third-order valence-corrected chi connectivity index (χ3v) is 5.40. The number of guanidine groups is 1. The van der Waals surface area contributed by atoms with E-state index < -0.39 is 11.7 Å². The van der Waals surface area contributed by atoms with Crippen LogP contribution in [-0.4, -0.2) is 55.0 Å². The van der Waals surface area contributed by atoms with E-state index in [-0.39, 0.29) is 29.5 Å². The summed E-state index contributed by atoms with van der Waals surface area (Å²) in [4.78, 5) is 19.1. The van der Waals surface area contributed by atoms with Crippen LogP contribution in [0.3, 0.4) is 0 Å². The van der Waals surface area contributed by atoms with Gasteiger partial charge in [0.2, 0.25) is 0 Å². The Morgan fingerprint density at radius 3 is 2.56 bits per heavy atom. The number of rotatable bonds is 8. The highest BCUT2D eigenvalue weighted by molar-refractivity contribution is 14.0. The second kappa shape index (κ2) is 13.4. The van der Waals surface area contributed by atoms with Gasteiger partial charge in [-0.25, -0.2) is 4.39 Å². The van der Waals surface area contributed by atoms with Gasteiger partial charge in [0.1, 0.15) is 5.82 Å². The molecular weight excluding hydrogens is 520 g/mol. The molecule has 32 heavy (non-hydrogen) atoms. The molecule has 0 aromatic heterocycles. The van der Waals surface area contributed by atoms with Crippen LogP contribution >= 0.6 is 24.0 Å². The predicted octanol–water partition coefficient (Wildman–Crippen LogP) is 3.39. The Morgan fingerprint density at radius 2 is 1.84 bits per heavy atom. The van der Waals surface area contributed by atoms with Gasteiger partial charge in [0.25, 0.3) is 5.91 Å². The van der Waals surface area contributed by atoms with E-state index >= 15 is 0 Å². The number of nitrogens with zero attached hydrogens (tertiary/aromatic N) is 2. The van der Waals surface area contributed by atoms with Crippen LogP contribution in [0.15, 0.2) is 59.6 Å². The summed E-state index contributed by atoms with van der Waals surface area (Å²) in [5.74, 6) is -0.206. The lowest BCUT2D eigenvalue weighted by Crippen LogP contribution is -2.45. The fourth-order valence-electron chi connectivity index (χ4n) is 3.83. The molecule has 2 atom stereocenters. The first-order valence-corrected chi connectivity index (χ1v) is 10.9. The lowest BCUT2D eigenvalue weighted by molar-refractivity contribution is 0.0951. The Hall–Kier alpha value is -2.20. The van der Waals surface area contributed by atoms with Gasteiger partial charge in [0.05, 0.1) is 12.1 Å². The second-order valence-corrected chi connectivity index (χ2v) is 7.84. The fraction of sp³-hybridized carbons (Fsp3) is 0.417. The van der Waals surface area contributed by atoms with Crippen molar-refractivity contribution in [3.63, 3.8) is 0 Å². The quantitative estimate of drug-likeness (QED) is 0.203. The standard InChI is InChI=1S/C24H32FN5O.HI/c1-3-26-24(28-14-13-27-23(31)21-11-7-8-12-22(21)25)29-20-15-18(2)30(17-20)16-19-9-5-4-6-10-19;/h4-12,18,20H,3,13-17H2,1-2H3,(H,27,31)(H2,26,28,29);1H. The molecule has 1 amide bonds. The first kappa shape index (κ1) is 26.1.